The fourth-order valence-corrected chi connectivity index (χ4v) is 5.21. The van der Waals surface area contributed by atoms with Gasteiger partial charge < -0.3 is 9.74 Å². The number of hydrogen-bond donors (Lipinski definition) is 1. The van der Waals surface area contributed by atoms with Gasteiger partial charge in [0.25, 0.3) is 0 Å². The summed E-state index contributed by atoms with van der Waals surface area (Å²) in [6, 6.07) is 22.0. The Morgan fingerprint density at radius 3 is 1.77 bits per heavy atom. The van der Waals surface area contributed by atoms with Crippen LogP contribution in [0, 0.1) is 0 Å². The van der Waals surface area contributed by atoms with Crippen LogP contribution < -0.4 is 5.32 Å². The number of hydrogen-bond acceptors (Lipinski definition) is 2. The molecule has 1 saturated heterocycles. The van der Waals surface area contributed by atoms with E-state index in [1.807, 2.05) is 0 Å². The summed E-state index contributed by atoms with van der Waals surface area (Å²) in [6.07, 6.45) is 2.34. The van der Waals surface area contributed by atoms with Crippen LogP contribution in [-0.2, 0) is 10.0 Å². The van der Waals surface area contributed by atoms with E-state index in [0.29, 0.717) is 6.04 Å². The van der Waals surface area contributed by atoms with Crippen LogP contribution in [0.5, 0.6) is 0 Å². The van der Waals surface area contributed by atoms with Crippen LogP contribution in [0.15, 0.2) is 60.7 Å². The summed E-state index contributed by atoms with van der Waals surface area (Å²) >= 11 is 0. The summed E-state index contributed by atoms with van der Waals surface area (Å²) in [6.45, 7) is 12.8. The summed E-state index contributed by atoms with van der Waals surface area (Å²) in [5.41, 5.74) is 2.08. The minimum atomic E-state index is -2.01. The largest absolute Gasteiger partial charge is 0.402 e. The highest BCUT2D eigenvalue weighted by molar-refractivity contribution is 6.74. The second-order valence-corrected chi connectivity index (χ2v) is 13.7. The number of nitrogens with one attached hydrogen (secondary N) is 1. The molecule has 1 heterocycles. The highest BCUT2D eigenvalue weighted by atomic mass is 28.4. The smallest absolute Gasteiger partial charge is 0.193 e. The molecular formula is C23H33NOSi. The van der Waals surface area contributed by atoms with Crippen molar-refractivity contribution in [1.82, 2.24) is 5.32 Å². The van der Waals surface area contributed by atoms with Crippen LogP contribution in [-0.4, -0.2) is 20.9 Å². The standard InChI is InChI=1S/C23H33NOSi/c1-22(2,3)26(4,5)25-23(21-17-12-18-24-21,19-13-8-6-9-14-19)20-15-10-7-11-16-20/h6-11,13-16,21,24H,12,17-18H2,1-5H3/t21-/m0/s1. The molecule has 0 radical (unpaired) electrons. The molecule has 26 heavy (non-hydrogen) atoms. The normalized spacial score (nSPS) is 18.9. The molecule has 1 N–H and O–H groups in total. The first-order valence-corrected chi connectivity index (χ1v) is 12.7. The maximum atomic E-state index is 7.32. The Hall–Kier alpha value is -1.42. The number of benzene rings is 2. The van der Waals surface area contributed by atoms with Crippen molar-refractivity contribution in [3.63, 3.8) is 0 Å². The summed E-state index contributed by atoms with van der Waals surface area (Å²) < 4.78 is 7.32. The van der Waals surface area contributed by atoms with Gasteiger partial charge in [0.05, 0.1) is 0 Å². The zero-order valence-electron chi connectivity index (χ0n) is 16.9. The third-order valence-corrected chi connectivity index (χ3v) is 10.6. The van der Waals surface area contributed by atoms with E-state index in [0.717, 1.165) is 13.0 Å². The van der Waals surface area contributed by atoms with Gasteiger partial charge in [0.15, 0.2) is 8.32 Å². The molecule has 1 aliphatic rings. The van der Waals surface area contributed by atoms with Crippen LogP contribution in [0.2, 0.25) is 18.1 Å². The Bertz CT molecular complexity index is 660. The van der Waals surface area contributed by atoms with Crippen LogP contribution in [0.4, 0.5) is 0 Å². The van der Waals surface area contributed by atoms with E-state index in [9.17, 15) is 0 Å². The first kappa shape index (κ1) is 19.3. The fraction of sp³-hybridized carbons (Fsp3) is 0.478. The van der Waals surface area contributed by atoms with Crippen LogP contribution >= 0.6 is 0 Å². The average molecular weight is 368 g/mol. The van der Waals surface area contributed by atoms with Crippen LogP contribution in [0.1, 0.15) is 44.7 Å². The van der Waals surface area contributed by atoms with Gasteiger partial charge in [-0.1, -0.05) is 81.4 Å². The van der Waals surface area contributed by atoms with Gasteiger partial charge >= 0.3 is 0 Å². The summed E-state index contributed by atoms with van der Waals surface area (Å²) in [4.78, 5) is 0. The monoisotopic (exact) mass is 367 g/mol. The highest BCUT2D eigenvalue weighted by Gasteiger charge is 2.51. The van der Waals surface area contributed by atoms with Gasteiger partial charge in [-0.2, -0.15) is 0 Å². The highest BCUT2D eigenvalue weighted by Crippen LogP contribution is 2.47. The Labute approximate surface area is 160 Å². The van der Waals surface area contributed by atoms with Gasteiger partial charge in [-0.05, 0) is 48.6 Å². The van der Waals surface area contributed by atoms with Crippen molar-refractivity contribution >= 4 is 8.32 Å². The first-order valence-electron chi connectivity index (χ1n) is 9.82. The molecule has 0 aromatic heterocycles. The summed E-state index contributed by atoms with van der Waals surface area (Å²) in [5, 5.41) is 3.92. The van der Waals surface area contributed by atoms with Crippen LogP contribution in [0.3, 0.4) is 0 Å². The van der Waals surface area contributed by atoms with E-state index in [4.69, 9.17) is 4.43 Å². The van der Waals surface area contributed by atoms with E-state index in [2.05, 4.69) is 99.8 Å². The van der Waals surface area contributed by atoms with Gasteiger partial charge in [-0.15, -0.1) is 0 Å². The molecule has 140 valence electrons. The molecule has 1 fully saturated rings. The first-order chi connectivity index (χ1) is 12.3. The molecular weight excluding hydrogens is 334 g/mol. The predicted molar refractivity (Wildman–Crippen MR) is 113 cm³/mol. The van der Waals surface area contributed by atoms with Crippen molar-refractivity contribution in [1.29, 1.82) is 0 Å². The zero-order chi connectivity index (χ0) is 18.8. The van der Waals surface area contributed by atoms with Crippen molar-refractivity contribution in [3.8, 4) is 0 Å². The molecule has 0 spiro atoms. The maximum Gasteiger partial charge on any atom is 0.193 e. The van der Waals surface area contributed by atoms with E-state index >= 15 is 0 Å². The second-order valence-electron chi connectivity index (χ2n) is 8.98. The lowest BCUT2D eigenvalue weighted by Gasteiger charge is -2.49. The van der Waals surface area contributed by atoms with Gasteiger partial charge in [0, 0.05) is 6.04 Å². The van der Waals surface area contributed by atoms with Gasteiger partial charge in [-0.25, -0.2) is 0 Å². The minimum Gasteiger partial charge on any atom is -0.402 e. The van der Waals surface area contributed by atoms with E-state index in [1.165, 1.54) is 17.5 Å². The average Bonchev–Trinajstić information content (AvgIpc) is 3.15. The molecule has 2 aromatic rings. The zero-order valence-corrected chi connectivity index (χ0v) is 17.9. The molecule has 0 unspecified atom stereocenters. The van der Waals surface area contributed by atoms with E-state index in [-0.39, 0.29) is 5.04 Å². The predicted octanol–water partition coefficient (Wildman–Crippen LogP) is 5.70. The maximum absolute atomic E-state index is 7.32. The number of rotatable bonds is 5. The van der Waals surface area contributed by atoms with Crippen LogP contribution in [0.25, 0.3) is 0 Å². The molecule has 0 aliphatic carbocycles. The second kappa shape index (κ2) is 7.30. The molecule has 3 rings (SSSR count). The van der Waals surface area contributed by atoms with Gasteiger partial charge in [-0.3, -0.25) is 0 Å². The van der Waals surface area contributed by atoms with Gasteiger partial charge in [0.1, 0.15) is 5.60 Å². The molecule has 2 aromatic carbocycles. The molecule has 2 nitrogen and oxygen atoms in total. The topological polar surface area (TPSA) is 21.3 Å². The Kier molecular flexibility index (Phi) is 5.43. The lowest BCUT2D eigenvalue weighted by molar-refractivity contribution is 0.0562. The fourth-order valence-electron chi connectivity index (χ4n) is 3.72. The summed E-state index contributed by atoms with van der Waals surface area (Å²) in [7, 11) is -2.01. The lowest BCUT2D eigenvalue weighted by Crippen LogP contribution is -2.56. The van der Waals surface area contributed by atoms with E-state index in [1.54, 1.807) is 0 Å². The SMILES string of the molecule is CC(C)(C)[Si](C)(C)OC(c1ccccc1)(c1ccccc1)[C@@H]1CCCN1. The van der Waals surface area contributed by atoms with Crippen molar-refractivity contribution in [2.75, 3.05) is 6.54 Å². The quantitative estimate of drug-likeness (QED) is 0.684. The molecule has 0 saturated carbocycles. The third-order valence-electron chi connectivity index (χ3n) is 6.18. The minimum absolute atomic E-state index is 0.153. The van der Waals surface area contributed by atoms with Crippen molar-refractivity contribution in [2.45, 2.75) is 63.4 Å². The molecule has 0 amide bonds. The van der Waals surface area contributed by atoms with E-state index < -0.39 is 13.9 Å². The Balaban J connectivity index is 2.22. The Morgan fingerprint density at radius 2 is 1.38 bits per heavy atom. The summed E-state index contributed by atoms with van der Waals surface area (Å²) in [5.74, 6) is 0. The lowest BCUT2D eigenvalue weighted by atomic mass is 9.79. The third kappa shape index (κ3) is 3.53. The van der Waals surface area contributed by atoms with Gasteiger partial charge in [0.2, 0.25) is 0 Å². The molecule has 1 aliphatic heterocycles. The van der Waals surface area contributed by atoms with Crippen molar-refractivity contribution in [2.24, 2.45) is 0 Å². The molecule has 0 bridgehead atoms. The van der Waals surface area contributed by atoms with Crippen molar-refractivity contribution < 1.29 is 4.43 Å². The van der Waals surface area contributed by atoms with Crippen molar-refractivity contribution in [3.05, 3.63) is 71.8 Å². The Morgan fingerprint density at radius 1 is 0.885 bits per heavy atom. The molecule has 3 heteroatoms. The molecule has 1 atom stereocenters.